The van der Waals surface area contributed by atoms with Crippen LogP contribution in [0.4, 0.5) is 5.69 Å². The van der Waals surface area contributed by atoms with Crippen molar-refractivity contribution in [3.8, 4) is 17.1 Å². The minimum absolute atomic E-state index is 0.181. The standard InChI is InChI=1S/C21H27N9O/c1-6-10-31-21-15(8-7-9-22-21)16-11-17(23-12-18-25-28-29(5)27-18)20-19(24-16)14(4)26-30(20)13(2)3/h7-9,11,13H,6,10,12H2,1-5H3,(H,23,24). The zero-order chi connectivity index (χ0) is 22.0. The van der Waals surface area contributed by atoms with Crippen molar-refractivity contribution in [2.45, 2.75) is 46.7 Å². The molecule has 0 radical (unpaired) electrons. The SMILES string of the molecule is CCCOc1ncccc1-c1cc(NCc2nnn(C)n2)c2c(n1)c(C)nn2C(C)C. The van der Waals surface area contributed by atoms with Crippen LogP contribution in [-0.4, -0.2) is 46.6 Å². The van der Waals surface area contributed by atoms with Gasteiger partial charge in [-0.3, -0.25) is 4.68 Å². The number of nitrogens with one attached hydrogen (secondary N) is 1. The van der Waals surface area contributed by atoms with E-state index in [4.69, 9.17) is 14.8 Å². The molecule has 4 aromatic rings. The van der Waals surface area contributed by atoms with E-state index in [1.807, 2.05) is 29.8 Å². The predicted molar refractivity (Wildman–Crippen MR) is 118 cm³/mol. The fourth-order valence-corrected chi connectivity index (χ4v) is 3.40. The zero-order valence-corrected chi connectivity index (χ0v) is 18.5. The summed E-state index contributed by atoms with van der Waals surface area (Å²) in [7, 11) is 1.75. The van der Waals surface area contributed by atoms with Gasteiger partial charge in [0.1, 0.15) is 11.0 Å². The molecule has 0 fully saturated rings. The first kappa shape index (κ1) is 20.7. The van der Waals surface area contributed by atoms with E-state index in [-0.39, 0.29) is 6.04 Å². The Labute approximate surface area is 180 Å². The summed E-state index contributed by atoms with van der Waals surface area (Å²) >= 11 is 0. The molecule has 0 atom stereocenters. The van der Waals surface area contributed by atoms with Gasteiger partial charge in [-0.1, -0.05) is 6.92 Å². The van der Waals surface area contributed by atoms with Gasteiger partial charge in [0.15, 0.2) is 5.82 Å². The van der Waals surface area contributed by atoms with Crippen LogP contribution in [0.15, 0.2) is 24.4 Å². The second kappa shape index (κ2) is 8.66. The third kappa shape index (κ3) is 4.18. The Morgan fingerprint density at radius 1 is 1.23 bits per heavy atom. The molecule has 0 amide bonds. The molecular formula is C21H27N9O. The highest BCUT2D eigenvalue weighted by Gasteiger charge is 2.19. The van der Waals surface area contributed by atoms with Gasteiger partial charge in [0.25, 0.3) is 0 Å². The van der Waals surface area contributed by atoms with Crippen molar-refractivity contribution in [1.29, 1.82) is 0 Å². The largest absolute Gasteiger partial charge is 0.477 e. The number of fused-ring (bicyclic) bond motifs is 1. The van der Waals surface area contributed by atoms with Crippen molar-refractivity contribution in [2.75, 3.05) is 11.9 Å². The molecule has 0 aliphatic carbocycles. The fraction of sp³-hybridized carbons (Fsp3) is 0.429. The average Bonchev–Trinajstić information content (AvgIpc) is 3.33. The average molecular weight is 422 g/mol. The second-order valence-corrected chi connectivity index (χ2v) is 7.63. The molecule has 0 aliphatic heterocycles. The maximum absolute atomic E-state index is 5.88. The van der Waals surface area contributed by atoms with Gasteiger partial charge in [0, 0.05) is 12.2 Å². The third-order valence-corrected chi connectivity index (χ3v) is 4.79. The van der Waals surface area contributed by atoms with Crippen molar-refractivity contribution in [3.63, 3.8) is 0 Å². The molecule has 0 saturated carbocycles. The van der Waals surface area contributed by atoms with E-state index in [1.54, 1.807) is 13.2 Å². The van der Waals surface area contributed by atoms with Crippen LogP contribution >= 0.6 is 0 Å². The van der Waals surface area contributed by atoms with Gasteiger partial charge in [0.05, 0.1) is 42.8 Å². The van der Waals surface area contributed by atoms with E-state index in [2.05, 4.69) is 46.5 Å². The summed E-state index contributed by atoms with van der Waals surface area (Å²) in [5.74, 6) is 1.18. The Hall–Kier alpha value is -3.56. The lowest BCUT2D eigenvalue weighted by molar-refractivity contribution is 0.306. The lowest BCUT2D eigenvalue weighted by Gasteiger charge is -2.14. The van der Waals surface area contributed by atoms with Gasteiger partial charge < -0.3 is 10.1 Å². The van der Waals surface area contributed by atoms with Crippen LogP contribution in [-0.2, 0) is 13.6 Å². The van der Waals surface area contributed by atoms with Crippen molar-refractivity contribution in [3.05, 3.63) is 35.9 Å². The first-order valence-corrected chi connectivity index (χ1v) is 10.4. The minimum Gasteiger partial charge on any atom is -0.477 e. The number of anilines is 1. The first-order valence-electron chi connectivity index (χ1n) is 10.4. The highest BCUT2D eigenvalue weighted by atomic mass is 16.5. The number of hydrogen-bond acceptors (Lipinski definition) is 8. The van der Waals surface area contributed by atoms with Crippen LogP contribution in [0.2, 0.25) is 0 Å². The van der Waals surface area contributed by atoms with Crippen molar-refractivity contribution < 1.29 is 4.74 Å². The molecule has 0 aromatic carbocycles. The summed E-state index contributed by atoms with van der Waals surface area (Å²) in [6, 6.07) is 6.05. The van der Waals surface area contributed by atoms with Crippen LogP contribution < -0.4 is 10.1 Å². The molecule has 162 valence electrons. The number of pyridine rings is 2. The summed E-state index contributed by atoms with van der Waals surface area (Å²) < 4.78 is 7.87. The van der Waals surface area contributed by atoms with E-state index in [0.29, 0.717) is 24.9 Å². The molecule has 4 heterocycles. The Kier molecular flexibility index (Phi) is 5.79. The number of hydrogen-bond donors (Lipinski definition) is 1. The predicted octanol–water partition coefficient (Wildman–Crippen LogP) is 3.31. The Balaban J connectivity index is 1.84. The normalized spacial score (nSPS) is 11.4. The van der Waals surface area contributed by atoms with E-state index < -0.39 is 0 Å². The van der Waals surface area contributed by atoms with Crippen LogP contribution in [0.3, 0.4) is 0 Å². The number of tetrazole rings is 1. The zero-order valence-electron chi connectivity index (χ0n) is 18.5. The van der Waals surface area contributed by atoms with Gasteiger partial charge in [0.2, 0.25) is 5.88 Å². The molecule has 0 aliphatic rings. The molecule has 0 spiro atoms. The number of ether oxygens (including phenoxy) is 1. The van der Waals surface area contributed by atoms with Crippen LogP contribution in [0, 0.1) is 6.92 Å². The molecule has 31 heavy (non-hydrogen) atoms. The first-order chi connectivity index (χ1) is 15.0. The Morgan fingerprint density at radius 2 is 2.06 bits per heavy atom. The summed E-state index contributed by atoms with van der Waals surface area (Å²) in [4.78, 5) is 10.8. The van der Waals surface area contributed by atoms with Crippen molar-refractivity contribution >= 4 is 16.7 Å². The molecular weight excluding hydrogens is 394 g/mol. The van der Waals surface area contributed by atoms with Gasteiger partial charge in [-0.05, 0) is 50.6 Å². The van der Waals surface area contributed by atoms with Crippen LogP contribution in [0.5, 0.6) is 5.88 Å². The van der Waals surface area contributed by atoms with E-state index in [1.165, 1.54) is 4.80 Å². The third-order valence-electron chi connectivity index (χ3n) is 4.79. The van der Waals surface area contributed by atoms with Gasteiger partial charge >= 0.3 is 0 Å². The van der Waals surface area contributed by atoms with E-state index in [9.17, 15) is 0 Å². The Morgan fingerprint density at radius 3 is 2.77 bits per heavy atom. The molecule has 4 rings (SSSR count). The molecule has 4 aromatic heterocycles. The van der Waals surface area contributed by atoms with Crippen LogP contribution in [0.25, 0.3) is 22.3 Å². The summed E-state index contributed by atoms with van der Waals surface area (Å²) in [5, 5.41) is 20.4. The topological polar surface area (TPSA) is 108 Å². The molecule has 0 unspecified atom stereocenters. The van der Waals surface area contributed by atoms with Crippen molar-refractivity contribution in [2.24, 2.45) is 7.05 Å². The van der Waals surface area contributed by atoms with E-state index in [0.717, 1.165) is 40.1 Å². The maximum atomic E-state index is 5.88. The summed E-state index contributed by atoms with van der Waals surface area (Å²) in [6.45, 7) is 9.28. The highest BCUT2D eigenvalue weighted by Crippen LogP contribution is 2.34. The van der Waals surface area contributed by atoms with E-state index >= 15 is 0 Å². The van der Waals surface area contributed by atoms with Gasteiger partial charge in [-0.2, -0.15) is 9.90 Å². The van der Waals surface area contributed by atoms with Gasteiger partial charge in [-0.25, -0.2) is 9.97 Å². The smallest absolute Gasteiger partial charge is 0.222 e. The number of nitrogens with zero attached hydrogens (tertiary/aromatic N) is 8. The molecule has 0 bridgehead atoms. The molecule has 10 heteroatoms. The number of rotatable bonds is 8. The number of aromatic nitrogens is 8. The second-order valence-electron chi connectivity index (χ2n) is 7.63. The maximum Gasteiger partial charge on any atom is 0.222 e. The molecule has 1 N–H and O–H groups in total. The lowest BCUT2D eigenvalue weighted by Crippen LogP contribution is -2.08. The Bertz CT molecular complexity index is 1200. The molecule has 0 saturated heterocycles. The number of aryl methyl sites for hydroxylation is 2. The minimum atomic E-state index is 0.181. The highest BCUT2D eigenvalue weighted by molar-refractivity contribution is 5.93. The quantitative estimate of drug-likeness (QED) is 0.462. The monoisotopic (exact) mass is 421 g/mol. The van der Waals surface area contributed by atoms with Gasteiger partial charge in [-0.15, -0.1) is 10.2 Å². The summed E-state index contributed by atoms with van der Waals surface area (Å²) in [5.41, 5.74) is 5.16. The fourth-order valence-electron chi connectivity index (χ4n) is 3.40. The lowest BCUT2D eigenvalue weighted by atomic mass is 10.1. The molecule has 10 nitrogen and oxygen atoms in total. The van der Waals surface area contributed by atoms with Crippen LogP contribution in [0.1, 0.15) is 44.8 Å². The summed E-state index contributed by atoms with van der Waals surface area (Å²) in [6.07, 6.45) is 2.63. The van der Waals surface area contributed by atoms with Crippen molar-refractivity contribution in [1.82, 2.24) is 40.0 Å².